The van der Waals surface area contributed by atoms with Crippen LogP contribution in [0.3, 0.4) is 0 Å². The van der Waals surface area contributed by atoms with Crippen molar-refractivity contribution in [3.8, 4) is 0 Å². The first-order valence-corrected chi connectivity index (χ1v) is 16.7. The van der Waals surface area contributed by atoms with Crippen LogP contribution >= 0.6 is 0 Å². The predicted octanol–water partition coefficient (Wildman–Crippen LogP) is -0.757. The van der Waals surface area contributed by atoms with E-state index in [2.05, 4.69) is 21.3 Å². The van der Waals surface area contributed by atoms with Crippen molar-refractivity contribution in [2.24, 2.45) is 17.4 Å². The van der Waals surface area contributed by atoms with E-state index in [-0.39, 0.29) is 31.7 Å². The van der Waals surface area contributed by atoms with Crippen LogP contribution in [0, 0.1) is 5.92 Å². The second kappa shape index (κ2) is 20.7. The molecule has 0 aromatic heterocycles. The van der Waals surface area contributed by atoms with Crippen LogP contribution in [0.2, 0.25) is 0 Å². The maximum Gasteiger partial charge on any atom is 0.326 e. The molecule has 1 aliphatic rings. The summed E-state index contributed by atoms with van der Waals surface area (Å²) in [6.45, 7) is 3.58. The number of hydrogen-bond donors (Lipinski definition) is 8. The molecule has 0 bridgehead atoms. The lowest BCUT2D eigenvalue weighted by Gasteiger charge is -2.30. The van der Waals surface area contributed by atoms with Crippen LogP contribution in [0.4, 0.5) is 0 Å². The van der Waals surface area contributed by atoms with Crippen molar-refractivity contribution in [3.05, 3.63) is 35.9 Å². The Kier molecular flexibility index (Phi) is 17.2. The smallest absolute Gasteiger partial charge is 0.326 e. The van der Waals surface area contributed by atoms with Gasteiger partial charge >= 0.3 is 11.9 Å². The first-order valence-electron chi connectivity index (χ1n) is 16.7. The Bertz CT molecular complexity index is 1300. The van der Waals surface area contributed by atoms with Crippen molar-refractivity contribution in [1.29, 1.82) is 0 Å². The first-order chi connectivity index (χ1) is 23.3. The van der Waals surface area contributed by atoms with Gasteiger partial charge in [-0.2, -0.15) is 0 Å². The summed E-state index contributed by atoms with van der Waals surface area (Å²) < 4.78 is 0. The van der Waals surface area contributed by atoms with Crippen molar-refractivity contribution in [3.63, 3.8) is 0 Å². The molecule has 0 radical (unpaired) electrons. The van der Waals surface area contributed by atoms with Gasteiger partial charge in [-0.25, -0.2) is 4.79 Å². The standard InChI is InChI=1S/C33H51N7O9/c1-3-20(2)28(33(48)49)39-30(45)24(18-21-10-5-4-6-11-21)38-31(46)25-13-9-17-40(25)32(47)23(14-15-27(42)43)37-26(41)19-36-29(44)22(35)12-7-8-16-34/h4-6,10-11,20,22-25,28H,3,7-9,12-19,34-35H2,1-2H3,(H,36,44)(H,37,41)(H,38,46)(H,39,45)(H,42,43)(H,48,49)/t20-,22-,23-,24-,25-,28-/m0/s1. The van der Waals surface area contributed by atoms with E-state index in [4.69, 9.17) is 11.5 Å². The summed E-state index contributed by atoms with van der Waals surface area (Å²) in [5.74, 6) is -6.16. The Balaban J connectivity index is 2.19. The van der Waals surface area contributed by atoms with E-state index in [1.54, 1.807) is 44.2 Å². The molecule has 16 nitrogen and oxygen atoms in total. The monoisotopic (exact) mass is 689 g/mol. The molecule has 0 unspecified atom stereocenters. The minimum atomic E-state index is -1.32. The van der Waals surface area contributed by atoms with E-state index in [0.29, 0.717) is 44.2 Å². The molecule has 1 heterocycles. The summed E-state index contributed by atoms with van der Waals surface area (Å²) in [5.41, 5.74) is 12.0. The topological polar surface area (TPSA) is 263 Å². The number of aliphatic carboxylic acids is 2. The maximum absolute atomic E-state index is 13.7. The van der Waals surface area contributed by atoms with Gasteiger partial charge in [0.15, 0.2) is 0 Å². The van der Waals surface area contributed by atoms with Crippen molar-refractivity contribution in [1.82, 2.24) is 26.2 Å². The summed E-state index contributed by atoms with van der Waals surface area (Å²) in [6.07, 6.45) is 2.15. The number of rotatable bonds is 21. The van der Waals surface area contributed by atoms with Crippen LogP contribution in [0.5, 0.6) is 0 Å². The highest BCUT2D eigenvalue weighted by Gasteiger charge is 2.39. The van der Waals surface area contributed by atoms with Crippen molar-refractivity contribution in [2.45, 2.75) is 102 Å². The third kappa shape index (κ3) is 13.5. The average molecular weight is 690 g/mol. The molecule has 10 N–H and O–H groups in total. The Labute approximate surface area is 286 Å². The number of nitrogens with one attached hydrogen (secondary N) is 4. The van der Waals surface area contributed by atoms with Gasteiger partial charge in [0.1, 0.15) is 24.2 Å². The van der Waals surface area contributed by atoms with Gasteiger partial charge in [0, 0.05) is 19.4 Å². The van der Waals surface area contributed by atoms with E-state index in [0.717, 1.165) is 0 Å². The second-order valence-corrected chi connectivity index (χ2v) is 12.3. The lowest BCUT2D eigenvalue weighted by Crippen LogP contribution is -2.58. The van der Waals surface area contributed by atoms with Gasteiger partial charge in [-0.3, -0.25) is 28.8 Å². The van der Waals surface area contributed by atoms with Crippen LogP contribution in [-0.4, -0.2) is 106 Å². The highest BCUT2D eigenvalue weighted by molar-refractivity contribution is 5.96. The normalized spacial score (nSPS) is 17.1. The highest BCUT2D eigenvalue weighted by atomic mass is 16.4. The number of carbonyl (C=O) groups excluding carboxylic acids is 5. The van der Waals surface area contributed by atoms with E-state index in [1.165, 1.54) is 4.90 Å². The predicted molar refractivity (Wildman–Crippen MR) is 179 cm³/mol. The number of likely N-dealkylation sites (tertiary alicyclic amines) is 1. The molecular weight excluding hydrogens is 638 g/mol. The number of nitrogens with zero attached hydrogens (tertiary/aromatic N) is 1. The molecule has 0 saturated carbocycles. The zero-order chi connectivity index (χ0) is 36.5. The van der Waals surface area contributed by atoms with Gasteiger partial charge < -0.3 is 47.8 Å². The molecule has 6 atom stereocenters. The fourth-order valence-corrected chi connectivity index (χ4v) is 5.48. The SMILES string of the molecule is CC[C@H](C)[C@H](NC(=O)[C@H](Cc1ccccc1)NC(=O)[C@@H]1CCCN1C(=O)[C@H](CCC(=O)O)NC(=O)CNC(=O)[C@@H](N)CCCCN)C(=O)O. The molecule has 16 heteroatoms. The van der Waals surface area contributed by atoms with Crippen molar-refractivity contribution < 1.29 is 43.8 Å². The number of carbonyl (C=O) groups is 7. The zero-order valence-corrected chi connectivity index (χ0v) is 28.2. The quantitative estimate of drug-likeness (QED) is 0.0744. The van der Waals surface area contributed by atoms with Crippen LogP contribution in [-0.2, 0) is 40.0 Å². The number of nitrogens with two attached hydrogens (primary N) is 2. The molecule has 1 aliphatic heterocycles. The van der Waals surface area contributed by atoms with E-state index >= 15 is 0 Å². The summed E-state index contributed by atoms with van der Waals surface area (Å²) in [5, 5.41) is 29.1. The summed E-state index contributed by atoms with van der Waals surface area (Å²) in [4.78, 5) is 90.4. The van der Waals surface area contributed by atoms with Crippen LogP contribution in [0.25, 0.3) is 0 Å². The third-order valence-electron chi connectivity index (χ3n) is 8.54. The fourth-order valence-electron chi connectivity index (χ4n) is 5.48. The van der Waals surface area contributed by atoms with Crippen LogP contribution < -0.4 is 32.7 Å². The zero-order valence-electron chi connectivity index (χ0n) is 28.2. The fraction of sp³-hybridized carbons (Fsp3) is 0.606. The molecule has 0 spiro atoms. The van der Waals surface area contributed by atoms with E-state index in [1.807, 2.05) is 0 Å². The molecule has 0 aliphatic carbocycles. The summed E-state index contributed by atoms with van der Waals surface area (Å²) in [6, 6.07) is 3.25. The summed E-state index contributed by atoms with van der Waals surface area (Å²) in [7, 11) is 0. The van der Waals surface area contributed by atoms with Crippen LogP contribution in [0.1, 0.15) is 70.8 Å². The number of amides is 5. The molecular formula is C33H51N7O9. The molecule has 1 aromatic rings. The van der Waals surface area contributed by atoms with Gasteiger partial charge in [-0.1, -0.05) is 57.0 Å². The average Bonchev–Trinajstić information content (AvgIpc) is 3.57. The molecule has 1 fully saturated rings. The second-order valence-electron chi connectivity index (χ2n) is 12.3. The molecule has 272 valence electrons. The molecule has 2 rings (SSSR count). The van der Waals surface area contributed by atoms with Gasteiger partial charge in [0.25, 0.3) is 0 Å². The minimum Gasteiger partial charge on any atom is -0.481 e. The number of carboxylic acid groups (broad SMARTS) is 2. The Morgan fingerprint density at radius 3 is 2.24 bits per heavy atom. The van der Waals surface area contributed by atoms with Gasteiger partial charge in [-0.15, -0.1) is 0 Å². The maximum atomic E-state index is 13.7. The Hall–Kier alpha value is -4.57. The van der Waals surface area contributed by atoms with Gasteiger partial charge in [-0.05, 0) is 50.1 Å². The minimum absolute atomic E-state index is 0.0472. The molecule has 1 aromatic carbocycles. The van der Waals surface area contributed by atoms with E-state index < -0.39 is 84.6 Å². The number of benzene rings is 1. The van der Waals surface area contributed by atoms with Crippen molar-refractivity contribution >= 4 is 41.5 Å². The third-order valence-corrected chi connectivity index (χ3v) is 8.54. The largest absolute Gasteiger partial charge is 0.481 e. The summed E-state index contributed by atoms with van der Waals surface area (Å²) >= 11 is 0. The highest BCUT2D eigenvalue weighted by Crippen LogP contribution is 2.20. The van der Waals surface area contributed by atoms with Gasteiger partial charge in [0.05, 0.1) is 12.6 Å². The Morgan fingerprint density at radius 1 is 0.939 bits per heavy atom. The number of hydrogen-bond acceptors (Lipinski definition) is 9. The number of carboxylic acids is 2. The van der Waals surface area contributed by atoms with Crippen LogP contribution in [0.15, 0.2) is 30.3 Å². The molecule has 49 heavy (non-hydrogen) atoms. The lowest BCUT2D eigenvalue weighted by atomic mass is 9.98. The van der Waals surface area contributed by atoms with Crippen molar-refractivity contribution in [2.75, 3.05) is 19.6 Å². The molecule has 5 amide bonds. The van der Waals surface area contributed by atoms with E-state index in [9.17, 15) is 43.8 Å². The first kappa shape index (κ1) is 40.6. The number of unbranched alkanes of at least 4 members (excludes halogenated alkanes) is 1. The Morgan fingerprint density at radius 2 is 1.63 bits per heavy atom. The molecule has 1 saturated heterocycles. The lowest BCUT2D eigenvalue weighted by molar-refractivity contribution is -0.145. The van der Waals surface area contributed by atoms with Gasteiger partial charge in [0.2, 0.25) is 29.5 Å².